The summed E-state index contributed by atoms with van der Waals surface area (Å²) < 4.78 is 55.9. The number of carbonyl (C=O) groups is 2. The van der Waals surface area contributed by atoms with Gasteiger partial charge in [-0.3, -0.25) is 9.59 Å². The molecule has 44 heavy (non-hydrogen) atoms. The van der Waals surface area contributed by atoms with E-state index in [4.69, 9.17) is 19.9 Å². The van der Waals surface area contributed by atoms with Gasteiger partial charge in [0.15, 0.2) is 22.2 Å². The van der Waals surface area contributed by atoms with Gasteiger partial charge >= 0.3 is 5.97 Å². The van der Waals surface area contributed by atoms with Crippen LogP contribution in [-0.2, 0) is 25.0 Å². The average Bonchev–Trinajstić information content (AvgIpc) is 3.48. The van der Waals surface area contributed by atoms with Crippen molar-refractivity contribution in [2.45, 2.75) is 23.4 Å². The number of hydrogen-bond acceptors (Lipinski definition) is 10. The van der Waals surface area contributed by atoms with Crippen LogP contribution >= 0.6 is 0 Å². The van der Waals surface area contributed by atoms with Crippen LogP contribution in [0.5, 0.6) is 11.5 Å². The van der Waals surface area contributed by atoms with Gasteiger partial charge in [0.05, 0.1) is 38.2 Å². The number of nitrogens with two attached hydrogens (primary N) is 1. The van der Waals surface area contributed by atoms with E-state index >= 15 is 4.39 Å². The van der Waals surface area contributed by atoms with Gasteiger partial charge in [0.1, 0.15) is 17.7 Å². The predicted octanol–water partition coefficient (Wildman–Crippen LogP) is 3.86. The standard InChI is InChI=1S/C31H31FN4O7S/c1-41-24-15-22(23(32)16-25(24)42-2)27(35-18-8-9-19-17(14-18)10-12-34-29(19)33)30(37)36-13-11-21(31(38)43-3)28(36)20-6-4-5-7-26(20)44(39)40/h4-10,12,14-16,21,27-28,35,44H,11,13H2,1-3H3,(H2,33,34)/t21-,27+,28-/m0/s1. The Morgan fingerprint density at radius 2 is 1.77 bits per heavy atom. The zero-order valence-electron chi connectivity index (χ0n) is 24.2. The van der Waals surface area contributed by atoms with E-state index in [1.54, 1.807) is 48.7 Å². The lowest BCUT2D eigenvalue weighted by molar-refractivity contribution is -0.147. The van der Waals surface area contributed by atoms with Crippen molar-refractivity contribution in [1.29, 1.82) is 0 Å². The molecule has 0 radical (unpaired) electrons. The van der Waals surface area contributed by atoms with Crippen LogP contribution in [0.2, 0.25) is 0 Å². The second kappa shape index (κ2) is 12.8. The summed E-state index contributed by atoms with van der Waals surface area (Å²) in [6.45, 7) is 0.0836. The highest BCUT2D eigenvalue weighted by Crippen LogP contribution is 2.43. The van der Waals surface area contributed by atoms with Crippen molar-refractivity contribution in [3.05, 3.63) is 83.8 Å². The number of benzene rings is 3. The molecule has 1 aliphatic rings. The lowest BCUT2D eigenvalue weighted by atomic mass is 9.93. The summed E-state index contributed by atoms with van der Waals surface area (Å²) in [5.74, 6) is -2.14. The Bertz CT molecular complexity index is 1810. The molecular formula is C31H31FN4O7S. The minimum atomic E-state index is -3.06. The van der Waals surface area contributed by atoms with Gasteiger partial charge in [-0.25, -0.2) is 17.8 Å². The van der Waals surface area contributed by atoms with Gasteiger partial charge in [-0.1, -0.05) is 18.2 Å². The Labute approximate surface area is 254 Å². The SMILES string of the molecule is COC(=O)[C@H]1CCN(C(=O)[C@H](Nc2ccc3c(N)nccc3c2)c2cc(OC)c(OC)cc2F)[C@H]1c1ccccc1[SH](=O)=O. The first kappa shape index (κ1) is 30.5. The second-order valence-electron chi connectivity index (χ2n) is 10.1. The third-order valence-electron chi connectivity index (χ3n) is 7.80. The second-order valence-corrected chi connectivity index (χ2v) is 11.1. The Morgan fingerprint density at radius 3 is 2.48 bits per heavy atom. The molecule has 230 valence electrons. The largest absolute Gasteiger partial charge is 0.493 e. The van der Waals surface area contributed by atoms with E-state index in [-0.39, 0.29) is 40.5 Å². The molecule has 5 rings (SSSR count). The van der Waals surface area contributed by atoms with Gasteiger partial charge in [-0.05, 0) is 53.8 Å². The van der Waals surface area contributed by atoms with Gasteiger partial charge in [0, 0.05) is 35.4 Å². The molecule has 1 aliphatic heterocycles. The van der Waals surface area contributed by atoms with Crippen LogP contribution in [0.1, 0.15) is 29.6 Å². The highest BCUT2D eigenvalue weighted by atomic mass is 32.2. The molecule has 1 saturated heterocycles. The predicted molar refractivity (Wildman–Crippen MR) is 162 cm³/mol. The zero-order valence-corrected chi connectivity index (χ0v) is 25.0. The molecule has 13 heteroatoms. The van der Waals surface area contributed by atoms with E-state index < -0.39 is 46.4 Å². The molecule has 2 heterocycles. The van der Waals surface area contributed by atoms with Crippen LogP contribution in [-0.4, -0.2) is 58.1 Å². The maximum Gasteiger partial charge on any atom is 0.311 e. The monoisotopic (exact) mass is 622 g/mol. The van der Waals surface area contributed by atoms with Crippen LogP contribution in [0.25, 0.3) is 10.8 Å². The van der Waals surface area contributed by atoms with E-state index in [1.807, 2.05) is 0 Å². The number of nitrogens with zero attached hydrogens (tertiary/aromatic N) is 2. The van der Waals surface area contributed by atoms with Gasteiger partial charge in [0.25, 0.3) is 0 Å². The van der Waals surface area contributed by atoms with Crippen molar-refractivity contribution in [2.24, 2.45) is 5.92 Å². The molecule has 1 amide bonds. The average molecular weight is 623 g/mol. The molecule has 4 aromatic rings. The smallest absolute Gasteiger partial charge is 0.311 e. The molecule has 0 aliphatic carbocycles. The number of fused-ring (bicyclic) bond motifs is 1. The van der Waals surface area contributed by atoms with Gasteiger partial charge < -0.3 is 30.2 Å². The van der Waals surface area contributed by atoms with Gasteiger partial charge in [-0.15, -0.1) is 0 Å². The Kier molecular flexibility index (Phi) is 8.86. The minimum absolute atomic E-state index is 0.0244. The van der Waals surface area contributed by atoms with Gasteiger partial charge in [-0.2, -0.15) is 0 Å². The van der Waals surface area contributed by atoms with E-state index in [0.717, 1.165) is 11.5 Å². The summed E-state index contributed by atoms with van der Waals surface area (Å²) >= 11 is 0. The van der Waals surface area contributed by atoms with Crippen molar-refractivity contribution < 1.29 is 36.6 Å². The number of esters is 1. The molecule has 11 nitrogen and oxygen atoms in total. The van der Waals surface area contributed by atoms with Crippen LogP contribution in [0, 0.1) is 11.7 Å². The number of thiol groups is 1. The molecule has 0 spiro atoms. The van der Waals surface area contributed by atoms with E-state index in [9.17, 15) is 18.0 Å². The third-order valence-corrected chi connectivity index (χ3v) is 8.60. The van der Waals surface area contributed by atoms with E-state index in [1.165, 1.54) is 38.4 Å². The molecule has 3 N–H and O–H groups in total. The third kappa shape index (κ3) is 5.70. The van der Waals surface area contributed by atoms with Crippen LogP contribution < -0.4 is 20.5 Å². The van der Waals surface area contributed by atoms with Gasteiger partial charge in [0.2, 0.25) is 5.91 Å². The molecule has 0 saturated carbocycles. The minimum Gasteiger partial charge on any atom is -0.493 e. The number of amides is 1. The van der Waals surface area contributed by atoms with Crippen LogP contribution in [0.3, 0.4) is 0 Å². The number of nitrogens with one attached hydrogen (secondary N) is 1. The number of anilines is 2. The zero-order chi connectivity index (χ0) is 31.5. The molecule has 1 fully saturated rings. The topological polar surface area (TPSA) is 150 Å². The lowest BCUT2D eigenvalue weighted by Crippen LogP contribution is -2.40. The Hall–Kier alpha value is -4.91. The Morgan fingerprint density at radius 1 is 1.05 bits per heavy atom. The number of pyridine rings is 1. The lowest BCUT2D eigenvalue weighted by Gasteiger charge is -2.32. The molecule has 3 atom stereocenters. The fourth-order valence-electron chi connectivity index (χ4n) is 5.71. The first-order valence-corrected chi connectivity index (χ1v) is 14.8. The summed E-state index contributed by atoms with van der Waals surface area (Å²) in [5, 5.41) is 4.59. The molecule has 0 unspecified atom stereocenters. The molecule has 0 bridgehead atoms. The van der Waals surface area contributed by atoms with E-state index in [0.29, 0.717) is 16.9 Å². The number of methoxy groups -OCH3 is 3. The molecular weight excluding hydrogens is 591 g/mol. The van der Waals surface area contributed by atoms with E-state index in [2.05, 4.69) is 10.3 Å². The number of hydrogen-bond donors (Lipinski definition) is 3. The molecule has 3 aromatic carbocycles. The maximum atomic E-state index is 15.8. The number of aromatic nitrogens is 1. The van der Waals surface area contributed by atoms with Crippen molar-refractivity contribution >= 4 is 44.9 Å². The summed E-state index contributed by atoms with van der Waals surface area (Å²) in [6.07, 6.45) is 1.76. The molecule has 1 aromatic heterocycles. The highest BCUT2D eigenvalue weighted by molar-refractivity contribution is 7.72. The number of rotatable bonds is 9. The number of halogens is 1. The number of likely N-dealkylation sites (tertiary alicyclic amines) is 1. The van der Waals surface area contributed by atoms with Crippen molar-refractivity contribution in [3.63, 3.8) is 0 Å². The summed E-state index contributed by atoms with van der Waals surface area (Å²) in [7, 11) is 0.932. The number of nitrogen functional groups attached to an aromatic ring is 1. The quantitative estimate of drug-likeness (QED) is 0.186. The highest BCUT2D eigenvalue weighted by Gasteiger charge is 2.46. The summed E-state index contributed by atoms with van der Waals surface area (Å²) in [6, 6.07) is 13.3. The summed E-state index contributed by atoms with van der Waals surface area (Å²) in [5.41, 5.74) is 6.70. The maximum absolute atomic E-state index is 15.8. The van der Waals surface area contributed by atoms with Crippen molar-refractivity contribution in [1.82, 2.24) is 9.88 Å². The van der Waals surface area contributed by atoms with Crippen LogP contribution in [0.4, 0.5) is 15.9 Å². The van der Waals surface area contributed by atoms with Crippen molar-refractivity contribution in [3.8, 4) is 11.5 Å². The normalized spacial score (nSPS) is 17.0. The van der Waals surface area contributed by atoms with Crippen molar-refractivity contribution in [2.75, 3.05) is 38.9 Å². The summed E-state index contributed by atoms with van der Waals surface area (Å²) in [4.78, 5) is 33.0. The first-order chi connectivity index (χ1) is 21.2. The fraction of sp³-hybridized carbons (Fsp3) is 0.258. The fourth-order valence-corrected chi connectivity index (χ4v) is 6.34. The van der Waals surface area contributed by atoms with Crippen LogP contribution in [0.15, 0.2) is 71.8 Å². The number of ether oxygens (including phenoxy) is 3. The number of carbonyl (C=O) groups excluding carboxylic acids is 2. The Balaban J connectivity index is 1.65. The first-order valence-electron chi connectivity index (χ1n) is 13.6.